The highest BCUT2D eigenvalue weighted by Crippen LogP contribution is 2.41. The minimum Gasteiger partial charge on any atom is -0.490 e. The second kappa shape index (κ2) is 10.8. The molecule has 1 atom stereocenters. The summed E-state index contributed by atoms with van der Waals surface area (Å²) in [5, 5.41) is 17.3. The molecule has 7 nitrogen and oxygen atoms in total. The topological polar surface area (TPSA) is 90.3 Å². The van der Waals surface area contributed by atoms with Gasteiger partial charge in [0.15, 0.2) is 0 Å². The van der Waals surface area contributed by atoms with Crippen molar-refractivity contribution in [2.75, 3.05) is 32.7 Å². The van der Waals surface area contributed by atoms with Gasteiger partial charge < -0.3 is 20.3 Å². The van der Waals surface area contributed by atoms with E-state index in [0.29, 0.717) is 17.9 Å². The van der Waals surface area contributed by atoms with Crippen LogP contribution in [-0.2, 0) is 11.2 Å². The van der Waals surface area contributed by atoms with Crippen LogP contribution in [-0.4, -0.2) is 54.6 Å². The molecule has 1 fully saturated rings. The molecule has 1 aromatic heterocycles. The van der Waals surface area contributed by atoms with Gasteiger partial charge in [0.1, 0.15) is 16.8 Å². The van der Waals surface area contributed by atoms with Crippen LogP contribution in [0.3, 0.4) is 0 Å². The van der Waals surface area contributed by atoms with Crippen LogP contribution in [0, 0.1) is 11.3 Å². The first-order valence-corrected chi connectivity index (χ1v) is 13.4. The number of nitrogens with zero attached hydrogens (tertiary/aromatic N) is 3. The van der Waals surface area contributed by atoms with Crippen LogP contribution in [0.2, 0.25) is 0 Å². The maximum absolute atomic E-state index is 12.6. The van der Waals surface area contributed by atoms with Crippen LogP contribution in [0.4, 0.5) is 0 Å². The number of fused-ring (bicyclic) bond motifs is 1. The molecule has 1 aliphatic carbocycles. The summed E-state index contributed by atoms with van der Waals surface area (Å²) < 4.78 is 5.76. The maximum Gasteiger partial charge on any atom is 0.236 e. The summed E-state index contributed by atoms with van der Waals surface area (Å²) in [6.07, 6.45) is 3.89. The highest BCUT2D eigenvalue weighted by atomic mass is 32.1. The maximum atomic E-state index is 12.6. The van der Waals surface area contributed by atoms with Crippen LogP contribution in [0.1, 0.15) is 43.0 Å². The molecule has 5 rings (SSSR count). The van der Waals surface area contributed by atoms with Crippen LogP contribution in [0.5, 0.6) is 5.75 Å². The van der Waals surface area contributed by atoms with Crippen LogP contribution in [0.25, 0.3) is 21.0 Å². The molecule has 2 aromatic carbocycles. The van der Waals surface area contributed by atoms with Crippen LogP contribution < -0.4 is 15.4 Å². The minimum absolute atomic E-state index is 0.00750. The molecule has 0 saturated carbocycles. The van der Waals surface area contributed by atoms with E-state index in [1.165, 1.54) is 16.7 Å². The van der Waals surface area contributed by atoms with Gasteiger partial charge >= 0.3 is 0 Å². The average molecular weight is 502 g/mol. The molecule has 186 valence electrons. The number of thiazole rings is 1. The summed E-state index contributed by atoms with van der Waals surface area (Å²) in [5.41, 5.74) is 5.24. The fraction of sp³-hybridized carbons (Fsp3) is 0.393. The van der Waals surface area contributed by atoms with Crippen LogP contribution in [0.15, 0.2) is 42.6 Å². The van der Waals surface area contributed by atoms with E-state index in [4.69, 9.17) is 4.74 Å². The number of rotatable bonds is 7. The second-order valence-corrected chi connectivity index (χ2v) is 10.5. The van der Waals surface area contributed by atoms with Crippen molar-refractivity contribution in [2.24, 2.45) is 0 Å². The number of benzene rings is 2. The highest BCUT2D eigenvalue weighted by Gasteiger charge is 2.27. The highest BCUT2D eigenvalue weighted by molar-refractivity contribution is 7.18. The number of amides is 1. The Morgan fingerprint density at radius 2 is 2.14 bits per heavy atom. The largest absolute Gasteiger partial charge is 0.490 e. The van der Waals surface area contributed by atoms with E-state index < -0.39 is 0 Å². The lowest BCUT2D eigenvalue weighted by molar-refractivity contribution is -0.130. The molecule has 1 saturated heterocycles. The van der Waals surface area contributed by atoms with Crippen molar-refractivity contribution < 1.29 is 9.53 Å². The van der Waals surface area contributed by atoms with Crippen molar-refractivity contribution in [2.45, 2.75) is 38.8 Å². The Balaban J connectivity index is 1.32. The summed E-state index contributed by atoms with van der Waals surface area (Å²) in [6, 6.07) is 14.5. The van der Waals surface area contributed by atoms with Gasteiger partial charge in [-0.05, 0) is 61.6 Å². The zero-order chi connectivity index (χ0) is 25.1. The summed E-state index contributed by atoms with van der Waals surface area (Å²) in [5.74, 6) is 0.776. The number of nitriles is 1. The first-order valence-electron chi connectivity index (χ1n) is 12.5. The van der Waals surface area contributed by atoms with E-state index in [1.807, 2.05) is 43.1 Å². The Kier molecular flexibility index (Phi) is 7.33. The third-order valence-corrected chi connectivity index (χ3v) is 7.80. The van der Waals surface area contributed by atoms with Crippen molar-refractivity contribution in [3.05, 3.63) is 59.3 Å². The molecular formula is C28H31N5O2S. The van der Waals surface area contributed by atoms with Gasteiger partial charge in [-0.3, -0.25) is 4.79 Å². The standard InChI is InChI=1S/C28H31N5O2S/c1-18(2)35-25-9-6-19(14-20(25)15-29)28-32-16-26(36-28)23-5-3-4-22-21(23)7-8-24(22)31-17-27(34)33-12-10-30-11-13-33/h3-6,9,14,16,18,24,30-31H,7-8,10-13,17H2,1-2H3. The third-order valence-electron chi connectivity index (χ3n) is 6.72. The van der Waals surface area contributed by atoms with Gasteiger partial charge in [-0.2, -0.15) is 5.26 Å². The first kappa shape index (κ1) is 24.4. The molecule has 0 bridgehead atoms. The molecule has 1 aliphatic heterocycles. The number of carbonyl (C=O) groups is 1. The number of hydrogen-bond acceptors (Lipinski definition) is 7. The summed E-state index contributed by atoms with van der Waals surface area (Å²) in [7, 11) is 0. The van der Waals surface area contributed by atoms with E-state index in [9.17, 15) is 10.1 Å². The molecule has 1 unspecified atom stereocenters. The van der Waals surface area contributed by atoms with Gasteiger partial charge in [-0.15, -0.1) is 11.3 Å². The molecule has 0 spiro atoms. The Labute approximate surface area is 216 Å². The Morgan fingerprint density at radius 3 is 2.92 bits per heavy atom. The third kappa shape index (κ3) is 5.14. The van der Waals surface area contributed by atoms with Crippen LogP contribution >= 0.6 is 11.3 Å². The van der Waals surface area contributed by atoms with Crippen molar-refractivity contribution in [3.8, 4) is 32.8 Å². The van der Waals surface area contributed by atoms with Crippen molar-refractivity contribution >= 4 is 17.2 Å². The molecule has 0 radical (unpaired) electrons. The normalized spacial score (nSPS) is 17.2. The van der Waals surface area contributed by atoms with Gasteiger partial charge in [0, 0.05) is 44.0 Å². The number of piperazine rings is 1. The number of nitrogens with one attached hydrogen (secondary N) is 2. The zero-order valence-corrected chi connectivity index (χ0v) is 21.5. The van der Waals surface area contributed by atoms with Gasteiger partial charge in [0.25, 0.3) is 0 Å². The van der Waals surface area contributed by atoms with Crippen molar-refractivity contribution in [1.82, 2.24) is 20.5 Å². The summed E-state index contributed by atoms with van der Waals surface area (Å²) in [4.78, 5) is 20.3. The molecule has 8 heteroatoms. The lowest BCUT2D eigenvalue weighted by Gasteiger charge is -2.28. The fourth-order valence-electron chi connectivity index (χ4n) is 4.97. The quantitative estimate of drug-likeness (QED) is 0.506. The predicted octanol–water partition coefficient (Wildman–Crippen LogP) is 4.14. The smallest absolute Gasteiger partial charge is 0.236 e. The monoisotopic (exact) mass is 501 g/mol. The molecular weight excluding hydrogens is 470 g/mol. The molecule has 3 aromatic rings. The number of aromatic nitrogens is 1. The second-order valence-electron chi connectivity index (χ2n) is 9.50. The lowest BCUT2D eigenvalue weighted by Crippen LogP contribution is -2.49. The van der Waals surface area contributed by atoms with E-state index >= 15 is 0 Å². The fourth-order valence-corrected chi connectivity index (χ4v) is 5.94. The summed E-state index contributed by atoms with van der Waals surface area (Å²) >= 11 is 1.63. The van der Waals surface area contributed by atoms with E-state index in [0.717, 1.165) is 54.5 Å². The minimum atomic E-state index is 0.00750. The molecule has 2 heterocycles. The molecule has 36 heavy (non-hydrogen) atoms. The van der Waals surface area contributed by atoms with E-state index in [-0.39, 0.29) is 18.1 Å². The van der Waals surface area contributed by atoms with Gasteiger partial charge in [0.2, 0.25) is 5.91 Å². The first-order chi connectivity index (χ1) is 17.5. The van der Waals surface area contributed by atoms with E-state index in [2.05, 4.69) is 39.9 Å². The van der Waals surface area contributed by atoms with Gasteiger partial charge in [0.05, 0.1) is 23.1 Å². The van der Waals surface area contributed by atoms with E-state index in [1.54, 1.807) is 11.3 Å². The summed E-state index contributed by atoms with van der Waals surface area (Å²) in [6.45, 7) is 7.57. The van der Waals surface area contributed by atoms with Gasteiger partial charge in [-0.1, -0.05) is 18.2 Å². The Morgan fingerprint density at radius 1 is 1.31 bits per heavy atom. The van der Waals surface area contributed by atoms with Crippen molar-refractivity contribution in [3.63, 3.8) is 0 Å². The number of hydrogen-bond donors (Lipinski definition) is 2. The molecule has 1 amide bonds. The average Bonchev–Trinajstić information content (AvgIpc) is 3.55. The number of carbonyl (C=O) groups excluding carboxylic acids is 1. The molecule has 2 aliphatic rings. The lowest BCUT2D eigenvalue weighted by atomic mass is 10.0. The van der Waals surface area contributed by atoms with Gasteiger partial charge in [-0.25, -0.2) is 4.98 Å². The number of ether oxygens (including phenoxy) is 1. The van der Waals surface area contributed by atoms with Crippen molar-refractivity contribution in [1.29, 1.82) is 5.26 Å². The molecule has 2 N–H and O–H groups in total. The Hall–Kier alpha value is -3.25. The SMILES string of the molecule is CC(C)Oc1ccc(-c2ncc(-c3cccc4c3CCC4NCC(=O)N3CCNCC3)s2)cc1C#N. The zero-order valence-electron chi connectivity index (χ0n) is 20.7. The Bertz CT molecular complexity index is 1290. The predicted molar refractivity (Wildman–Crippen MR) is 142 cm³/mol.